The molecule has 0 bridgehead atoms. The molecule has 0 atom stereocenters. The number of amides is 1. The number of rotatable bonds is 4. The van der Waals surface area contributed by atoms with E-state index in [1.165, 1.54) is 0 Å². The van der Waals surface area contributed by atoms with Crippen molar-refractivity contribution in [2.24, 2.45) is 0 Å². The topological polar surface area (TPSA) is 41.1 Å². The fraction of sp³-hybridized carbons (Fsp3) is 0.125. The van der Waals surface area contributed by atoms with Crippen LogP contribution in [-0.4, -0.2) is 17.6 Å². The SMILES string of the molecule is C=CCNC(=S)NC(=O)Cc1cccc2ccccc12. The summed E-state index contributed by atoms with van der Waals surface area (Å²) in [6, 6.07) is 14.0. The van der Waals surface area contributed by atoms with Crippen molar-refractivity contribution < 1.29 is 4.79 Å². The highest BCUT2D eigenvalue weighted by Crippen LogP contribution is 2.18. The third-order valence-corrected chi connectivity index (χ3v) is 3.14. The Kier molecular flexibility index (Phi) is 4.85. The number of thiocarbonyl (C=S) groups is 1. The van der Waals surface area contributed by atoms with Crippen molar-refractivity contribution in [3.63, 3.8) is 0 Å². The van der Waals surface area contributed by atoms with Crippen LogP contribution in [-0.2, 0) is 11.2 Å². The first kappa shape index (κ1) is 14.2. The van der Waals surface area contributed by atoms with E-state index in [9.17, 15) is 4.79 Å². The first-order chi connectivity index (χ1) is 9.70. The van der Waals surface area contributed by atoms with Crippen LogP contribution in [0, 0.1) is 0 Å². The summed E-state index contributed by atoms with van der Waals surface area (Å²) < 4.78 is 0. The maximum absolute atomic E-state index is 12.0. The van der Waals surface area contributed by atoms with Gasteiger partial charge in [-0.05, 0) is 28.6 Å². The molecule has 0 fully saturated rings. The van der Waals surface area contributed by atoms with Crippen molar-refractivity contribution in [2.45, 2.75) is 6.42 Å². The summed E-state index contributed by atoms with van der Waals surface area (Å²) in [6.45, 7) is 4.11. The molecule has 1 amide bonds. The molecular formula is C16H16N2OS. The third-order valence-electron chi connectivity index (χ3n) is 2.89. The summed E-state index contributed by atoms with van der Waals surface area (Å²) >= 11 is 5.02. The average Bonchev–Trinajstić information content (AvgIpc) is 2.45. The van der Waals surface area contributed by atoms with E-state index in [0.29, 0.717) is 18.1 Å². The van der Waals surface area contributed by atoms with Crippen molar-refractivity contribution in [3.8, 4) is 0 Å². The van der Waals surface area contributed by atoms with Gasteiger partial charge in [-0.1, -0.05) is 48.5 Å². The van der Waals surface area contributed by atoms with Gasteiger partial charge in [-0.2, -0.15) is 0 Å². The quantitative estimate of drug-likeness (QED) is 0.670. The second-order valence-electron chi connectivity index (χ2n) is 4.36. The van der Waals surface area contributed by atoms with Crippen molar-refractivity contribution in [3.05, 3.63) is 60.7 Å². The van der Waals surface area contributed by atoms with Crippen LogP contribution in [0.5, 0.6) is 0 Å². The normalized spacial score (nSPS) is 10.0. The molecule has 3 nitrogen and oxygen atoms in total. The molecule has 0 spiro atoms. The average molecular weight is 284 g/mol. The van der Waals surface area contributed by atoms with Gasteiger partial charge in [0.05, 0.1) is 6.42 Å². The van der Waals surface area contributed by atoms with Crippen molar-refractivity contribution in [1.29, 1.82) is 0 Å². The standard InChI is InChI=1S/C16H16N2OS/c1-2-10-17-16(20)18-15(19)11-13-8-5-7-12-6-3-4-9-14(12)13/h2-9H,1,10-11H2,(H2,17,18,19,20). The minimum atomic E-state index is -0.122. The molecule has 2 N–H and O–H groups in total. The van der Waals surface area contributed by atoms with Gasteiger partial charge in [0.1, 0.15) is 0 Å². The highest BCUT2D eigenvalue weighted by atomic mass is 32.1. The lowest BCUT2D eigenvalue weighted by molar-refractivity contribution is -0.119. The molecule has 2 aromatic rings. The Morgan fingerprint density at radius 1 is 1.20 bits per heavy atom. The molecule has 0 heterocycles. The number of hydrogen-bond donors (Lipinski definition) is 2. The minimum Gasteiger partial charge on any atom is -0.359 e. The van der Waals surface area contributed by atoms with Gasteiger partial charge in [0.2, 0.25) is 5.91 Å². The molecule has 0 aliphatic carbocycles. The van der Waals surface area contributed by atoms with Gasteiger partial charge in [0.25, 0.3) is 0 Å². The summed E-state index contributed by atoms with van der Waals surface area (Å²) in [5.41, 5.74) is 0.993. The lowest BCUT2D eigenvalue weighted by Gasteiger charge is -2.09. The second-order valence-corrected chi connectivity index (χ2v) is 4.77. The Morgan fingerprint density at radius 2 is 1.95 bits per heavy atom. The van der Waals surface area contributed by atoms with Gasteiger partial charge in [-0.3, -0.25) is 4.79 Å². The molecular weight excluding hydrogens is 268 g/mol. The van der Waals surface area contributed by atoms with Crippen LogP contribution < -0.4 is 10.6 Å². The summed E-state index contributed by atoms with van der Waals surface area (Å²) in [5, 5.41) is 8.08. The Balaban J connectivity index is 2.06. The van der Waals surface area contributed by atoms with Crippen LogP contribution in [0.4, 0.5) is 0 Å². The molecule has 2 rings (SSSR count). The van der Waals surface area contributed by atoms with Gasteiger partial charge in [0.15, 0.2) is 5.11 Å². The van der Waals surface area contributed by atoms with Crippen molar-refractivity contribution >= 4 is 34.0 Å². The minimum absolute atomic E-state index is 0.122. The number of carbonyl (C=O) groups excluding carboxylic acids is 1. The third kappa shape index (κ3) is 3.65. The molecule has 102 valence electrons. The van der Waals surface area contributed by atoms with Crippen LogP contribution in [0.2, 0.25) is 0 Å². The molecule has 20 heavy (non-hydrogen) atoms. The van der Waals surface area contributed by atoms with Crippen molar-refractivity contribution in [1.82, 2.24) is 10.6 Å². The number of carbonyl (C=O) groups is 1. The molecule has 0 aromatic heterocycles. The van der Waals surface area contributed by atoms with E-state index in [-0.39, 0.29) is 5.91 Å². The van der Waals surface area contributed by atoms with Crippen molar-refractivity contribution in [2.75, 3.05) is 6.54 Å². The van der Waals surface area contributed by atoms with Crippen LogP contribution >= 0.6 is 12.2 Å². The predicted molar refractivity (Wildman–Crippen MR) is 86.6 cm³/mol. The Bertz CT molecular complexity index is 646. The molecule has 0 unspecified atom stereocenters. The summed E-state index contributed by atoms with van der Waals surface area (Å²) in [7, 11) is 0. The lowest BCUT2D eigenvalue weighted by atomic mass is 10.0. The molecule has 4 heteroatoms. The molecule has 0 aliphatic heterocycles. The molecule has 2 aromatic carbocycles. The predicted octanol–water partition coefficient (Wildman–Crippen LogP) is 2.56. The Morgan fingerprint density at radius 3 is 2.75 bits per heavy atom. The molecule has 0 saturated heterocycles. The molecule has 0 radical (unpaired) electrons. The van der Waals surface area contributed by atoms with Gasteiger partial charge < -0.3 is 10.6 Å². The first-order valence-electron chi connectivity index (χ1n) is 6.36. The molecule has 0 saturated carbocycles. The summed E-state index contributed by atoms with van der Waals surface area (Å²) in [4.78, 5) is 12.0. The number of hydrogen-bond acceptors (Lipinski definition) is 2. The van der Waals surface area contributed by atoms with E-state index in [4.69, 9.17) is 12.2 Å². The smallest absolute Gasteiger partial charge is 0.230 e. The van der Waals surface area contributed by atoms with E-state index in [0.717, 1.165) is 16.3 Å². The fourth-order valence-electron chi connectivity index (χ4n) is 2.00. The second kappa shape index (κ2) is 6.82. The number of benzene rings is 2. The van der Waals surface area contributed by atoms with E-state index < -0.39 is 0 Å². The number of fused-ring (bicyclic) bond motifs is 1. The fourth-order valence-corrected chi connectivity index (χ4v) is 2.20. The van der Waals surface area contributed by atoms with Gasteiger partial charge in [0, 0.05) is 6.54 Å². The van der Waals surface area contributed by atoms with Gasteiger partial charge in [-0.15, -0.1) is 6.58 Å². The zero-order valence-corrected chi connectivity index (χ0v) is 11.9. The van der Waals surface area contributed by atoms with Gasteiger partial charge >= 0.3 is 0 Å². The maximum Gasteiger partial charge on any atom is 0.230 e. The summed E-state index contributed by atoms with van der Waals surface area (Å²) in [5.74, 6) is -0.122. The zero-order valence-electron chi connectivity index (χ0n) is 11.1. The van der Waals surface area contributed by atoms with E-state index in [1.54, 1.807) is 6.08 Å². The lowest BCUT2D eigenvalue weighted by Crippen LogP contribution is -2.39. The highest BCUT2D eigenvalue weighted by molar-refractivity contribution is 7.80. The van der Waals surface area contributed by atoms with Crippen LogP contribution in [0.3, 0.4) is 0 Å². The Labute approximate surface area is 123 Å². The monoisotopic (exact) mass is 284 g/mol. The molecule has 0 aliphatic rings. The van der Waals surface area contributed by atoms with Crippen LogP contribution in [0.25, 0.3) is 10.8 Å². The Hall–Kier alpha value is -2.20. The van der Waals surface area contributed by atoms with E-state index in [1.807, 2.05) is 42.5 Å². The zero-order chi connectivity index (χ0) is 14.4. The van der Waals surface area contributed by atoms with Crippen LogP contribution in [0.15, 0.2) is 55.1 Å². The summed E-state index contributed by atoms with van der Waals surface area (Å²) in [6.07, 6.45) is 1.99. The van der Waals surface area contributed by atoms with E-state index in [2.05, 4.69) is 17.2 Å². The highest BCUT2D eigenvalue weighted by Gasteiger charge is 2.08. The maximum atomic E-state index is 12.0. The van der Waals surface area contributed by atoms with Crippen LogP contribution in [0.1, 0.15) is 5.56 Å². The van der Waals surface area contributed by atoms with E-state index >= 15 is 0 Å². The largest absolute Gasteiger partial charge is 0.359 e. The first-order valence-corrected chi connectivity index (χ1v) is 6.77. The number of nitrogens with one attached hydrogen (secondary N) is 2. The van der Waals surface area contributed by atoms with Gasteiger partial charge in [-0.25, -0.2) is 0 Å².